The number of carbonyl (C=O) groups is 1. The van der Waals surface area contributed by atoms with Gasteiger partial charge in [-0.1, -0.05) is 19.1 Å². The van der Waals surface area contributed by atoms with E-state index in [4.69, 9.17) is 5.11 Å². The van der Waals surface area contributed by atoms with Gasteiger partial charge in [-0.25, -0.2) is 0 Å². The van der Waals surface area contributed by atoms with Crippen molar-refractivity contribution in [1.82, 2.24) is 0 Å². The molecule has 0 saturated heterocycles. The third kappa shape index (κ3) is 3.57. The van der Waals surface area contributed by atoms with Gasteiger partial charge in [0.25, 0.3) is 0 Å². The summed E-state index contributed by atoms with van der Waals surface area (Å²) in [7, 11) is 4.00. The first-order chi connectivity index (χ1) is 7.50. The molecule has 3 nitrogen and oxygen atoms in total. The van der Waals surface area contributed by atoms with Crippen LogP contribution in [-0.4, -0.2) is 25.2 Å². The lowest BCUT2D eigenvalue weighted by Crippen LogP contribution is -2.10. The molecule has 0 saturated carbocycles. The third-order valence-electron chi connectivity index (χ3n) is 2.74. The molecule has 0 aromatic heterocycles. The van der Waals surface area contributed by atoms with E-state index in [2.05, 4.69) is 24.3 Å². The highest BCUT2D eigenvalue weighted by Gasteiger charge is 2.10. The zero-order valence-corrected chi connectivity index (χ0v) is 10.1. The van der Waals surface area contributed by atoms with Crippen LogP contribution in [0.15, 0.2) is 24.3 Å². The fourth-order valence-electron chi connectivity index (χ4n) is 1.47. The summed E-state index contributed by atoms with van der Waals surface area (Å²) in [5, 5.41) is 8.77. The van der Waals surface area contributed by atoms with E-state index in [1.807, 2.05) is 19.0 Å². The van der Waals surface area contributed by atoms with Gasteiger partial charge < -0.3 is 10.0 Å². The Morgan fingerprint density at radius 1 is 1.31 bits per heavy atom. The number of carboxylic acids is 1. The molecular weight excluding hydrogens is 202 g/mol. The number of rotatable bonds is 5. The number of benzene rings is 1. The summed E-state index contributed by atoms with van der Waals surface area (Å²) >= 11 is 0. The number of aryl methyl sites for hydroxylation is 1. The number of nitrogens with zero attached hydrogens (tertiary/aromatic N) is 1. The molecule has 0 spiro atoms. The molecule has 1 unspecified atom stereocenters. The van der Waals surface area contributed by atoms with Crippen LogP contribution in [0.4, 0.5) is 5.69 Å². The molecule has 0 heterocycles. The Morgan fingerprint density at radius 3 is 2.31 bits per heavy atom. The van der Waals surface area contributed by atoms with Crippen molar-refractivity contribution in [2.75, 3.05) is 19.0 Å². The molecule has 0 aliphatic carbocycles. The summed E-state index contributed by atoms with van der Waals surface area (Å²) in [5.41, 5.74) is 2.36. The van der Waals surface area contributed by atoms with Crippen LogP contribution in [0.2, 0.25) is 0 Å². The summed E-state index contributed by atoms with van der Waals surface area (Å²) in [6.45, 7) is 1.75. The van der Waals surface area contributed by atoms with Crippen molar-refractivity contribution >= 4 is 11.7 Å². The molecule has 0 fully saturated rings. The van der Waals surface area contributed by atoms with Crippen LogP contribution in [0.3, 0.4) is 0 Å². The monoisotopic (exact) mass is 221 g/mol. The Balaban J connectivity index is 2.52. The van der Waals surface area contributed by atoms with Crippen molar-refractivity contribution in [3.05, 3.63) is 29.8 Å². The Hall–Kier alpha value is -1.51. The Labute approximate surface area is 96.7 Å². The summed E-state index contributed by atoms with van der Waals surface area (Å²) in [6, 6.07) is 8.23. The van der Waals surface area contributed by atoms with E-state index >= 15 is 0 Å². The average molecular weight is 221 g/mol. The second-order valence-corrected chi connectivity index (χ2v) is 4.34. The van der Waals surface area contributed by atoms with Crippen molar-refractivity contribution in [2.24, 2.45) is 5.92 Å². The van der Waals surface area contributed by atoms with Crippen LogP contribution in [0.1, 0.15) is 18.9 Å². The highest BCUT2D eigenvalue weighted by atomic mass is 16.4. The maximum absolute atomic E-state index is 10.7. The van der Waals surface area contributed by atoms with E-state index in [1.54, 1.807) is 6.92 Å². The van der Waals surface area contributed by atoms with Crippen LogP contribution < -0.4 is 4.90 Å². The third-order valence-corrected chi connectivity index (χ3v) is 2.74. The molecule has 0 amide bonds. The molecule has 0 radical (unpaired) electrons. The SMILES string of the molecule is CC(CCc1ccc(N(C)C)cc1)C(=O)O. The first-order valence-electron chi connectivity index (χ1n) is 5.49. The first-order valence-corrected chi connectivity index (χ1v) is 5.49. The zero-order valence-electron chi connectivity index (χ0n) is 10.1. The predicted octanol–water partition coefficient (Wildman–Crippen LogP) is 2.41. The summed E-state index contributed by atoms with van der Waals surface area (Å²) < 4.78 is 0. The highest BCUT2D eigenvalue weighted by molar-refractivity contribution is 5.69. The normalized spacial score (nSPS) is 12.2. The van der Waals surface area contributed by atoms with E-state index in [1.165, 1.54) is 5.56 Å². The first kappa shape index (κ1) is 12.6. The molecule has 0 aliphatic heterocycles. The quantitative estimate of drug-likeness (QED) is 0.830. The molecule has 88 valence electrons. The maximum atomic E-state index is 10.7. The number of hydrogen-bond donors (Lipinski definition) is 1. The van der Waals surface area contributed by atoms with Gasteiger partial charge in [-0.05, 0) is 30.5 Å². The van der Waals surface area contributed by atoms with Crippen molar-refractivity contribution in [3.63, 3.8) is 0 Å². The average Bonchev–Trinajstić information content (AvgIpc) is 2.26. The molecule has 16 heavy (non-hydrogen) atoms. The second-order valence-electron chi connectivity index (χ2n) is 4.34. The van der Waals surface area contributed by atoms with Gasteiger partial charge in [0.1, 0.15) is 0 Å². The fourth-order valence-corrected chi connectivity index (χ4v) is 1.47. The minimum atomic E-state index is -0.718. The number of carboxylic acid groups (broad SMARTS) is 1. The number of hydrogen-bond acceptors (Lipinski definition) is 2. The van der Waals surface area contributed by atoms with Crippen molar-refractivity contribution in [1.29, 1.82) is 0 Å². The highest BCUT2D eigenvalue weighted by Crippen LogP contribution is 2.15. The van der Waals surface area contributed by atoms with Crippen LogP contribution in [0, 0.1) is 5.92 Å². The van der Waals surface area contributed by atoms with Gasteiger partial charge in [0.2, 0.25) is 0 Å². The van der Waals surface area contributed by atoms with E-state index in [-0.39, 0.29) is 5.92 Å². The van der Waals surface area contributed by atoms with Gasteiger partial charge in [-0.3, -0.25) is 4.79 Å². The number of aliphatic carboxylic acids is 1. The molecule has 1 N–H and O–H groups in total. The van der Waals surface area contributed by atoms with E-state index in [0.29, 0.717) is 6.42 Å². The molecule has 1 aromatic carbocycles. The van der Waals surface area contributed by atoms with Gasteiger partial charge >= 0.3 is 5.97 Å². The van der Waals surface area contributed by atoms with Crippen LogP contribution in [0.5, 0.6) is 0 Å². The second kappa shape index (κ2) is 5.54. The van der Waals surface area contributed by atoms with Crippen LogP contribution >= 0.6 is 0 Å². The minimum Gasteiger partial charge on any atom is -0.481 e. The van der Waals surface area contributed by atoms with E-state index in [9.17, 15) is 4.79 Å². The Bertz CT molecular complexity index is 343. The van der Waals surface area contributed by atoms with Gasteiger partial charge in [-0.15, -0.1) is 0 Å². The lowest BCUT2D eigenvalue weighted by atomic mass is 10.0. The topological polar surface area (TPSA) is 40.5 Å². The van der Waals surface area contributed by atoms with Crippen molar-refractivity contribution in [3.8, 4) is 0 Å². The lowest BCUT2D eigenvalue weighted by Gasteiger charge is -2.13. The molecule has 3 heteroatoms. The molecule has 1 rings (SSSR count). The smallest absolute Gasteiger partial charge is 0.306 e. The standard InChI is InChI=1S/C13H19NO2/c1-10(13(15)16)4-5-11-6-8-12(9-7-11)14(2)3/h6-10H,4-5H2,1-3H3,(H,15,16). The Morgan fingerprint density at radius 2 is 1.88 bits per heavy atom. The summed E-state index contributed by atoms with van der Waals surface area (Å²) in [4.78, 5) is 12.7. The zero-order chi connectivity index (χ0) is 12.1. The van der Waals surface area contributed by atoms with Crippen molar-refractivity contribution < 1.29 is 9.90 Å². The van der Waals surface area contributed by atoms with Gasteiger partial charge in [0, 0.05) is 19.8 Å². The lowest BCUT2D eigenvalue weighted by molar-refractivity contribution is -0.141. The fraction of sp³-hybridized carbons (Fsp3) is 0.462. The van der Waals surface area contributed by atoms with E-state index < -0.39 is 5.97 Å². The molecule has 0 aliphatic rings. The van der Waals surface area contributed by atoms with Gasteiger partial charge in [0.15, 0.2) is 0 Å². The van der Waals surface area contributed by atoms with Crippen LogP contribution in [-0.2, 0) is 11.2 Å². The number of anilines is 1. The molecule has 1 atom stereocenters. The van der Waals surface area contributed by atoms with Gasteiger partial charge in [0.05, 0.1) is 5.92 Å². The minimum absolute atomic E-state index is 0.270. The van der Waals surface area contributed by atoms with Crippen LogP contribution in [0.25, 0.3) is 0 Å². The van der Waals surface area contributed by atoms with Gasteiger partial charge in [-0.2, -0.15) is 0 Å². The summed E-state index contributed by atoms with van der Waals surface area (Å²) in [6.07, 6.45) is 1.51. The largest absolute Gasteiger partial charge is 0.481 e. The summed E-state index contributed by atoms with van der Waals surface area (Å²) in [5.74, 6) is -0.988. The predicted molar refractivity (Wildman–Crippen MR) is 65.9 cm³/mol. The van der Waals surface area contributed by atoms with E-state index in [0.717, 1.165) is 12.1 Å². The van der Waals surface area contributed by atoms with Crippen molar-refractivity contribution in [2.45, 2.75) is 19.8 Å². The molecule has 0 bridgehead atoms. The Kier molecular flexibility index (Phi) is 4.35. The molecule has 1 aromatic rings. The molecular formula is C13H19NO2. The maximum Gasteiger partial charge on any atom is 0.306 e.